The molecule has 0 saturated carbocycles. The van der Waals surface area contributed by atoms with Gasteiger partial charge in [0, 0.05) is 0 Å². The molecule has 0 aromatic rings. The molecule has 0 unspecified atom stereocenters. The molecule has 4 heteroatoms. The molecule has 0 amide bonds. The van der Waals surface area contributed by atoms with E-state index in [9.17, 15) is 4.79 Å². The van der Waals surface area contributed by atoms with Crippen LogP contribution in [0.2, 0.25) is 0 Å². The van der Waals surface area contributed by atoms with Crippen LogP contribution in [-0.2, 0) is 14.4 Å². The van der Waals surface area contributed by atoms with Crippen LogP contribution in [0.5, 0.6) is 0 Å². The van der Waals surface area contributed by atoms with Crippen molar-refractivity contribution >= 4 is 5.97 Å². The summed E-state index contributed by atoms with van der Waals surface area (Å²) in [7, 11) is 0. The largest absolute Gasteiger partial charge is 0.501 e. The summed E-state index contributed by atoms with van der Waals surface area (Å²) in [4.78, 5) is 14.1. The number of ether oxygens (including phenoxy) is 1. The maximum Gasteiger partial charge on any atom is 0.371 e. The van der Waals surface area contributed by atoms with Crippen molar-refractivity contribution in [2.75, 3.05) is 6.61 Å². The summed E-state index contributed by atoms with van der Waals surface area (Å²) < 4.78 is 4.84. The lowest BCUT2D eigenvalue weighted by Crippen LogP contribution is -2.04. The first-order valence-electron chi connectivity index (χ1n) is 3.42. The van der Waals surface area contributed by atoms with E-state index in [1.165, 1.54) is 6.26 Å². The summed E-state index contributed by atoms with van der Waals surface area (Å²) in [5.74, 6) is -0.763. The Morgan fingerprint density at radius 2 is 2.18 bits per heavy atom. The standard InChI is InChI=1S/C7H12O4/c1-3-6(5-10-4-2)7(8)11-9/h5,9H,3-4H2,1-2H3. The van der Waals surface area contributed by atoms with E-state index in [-0.39, 0.29) is 0 Å². The van der Waals surface area contributed by atoms with Gasteiger partial charge in [0.15, 0.2) is 0 Å². The van der Waals surface area contributed by atoms with E-state index in [0.29, 0.717) is 18.6 Å². The third-order valence-corrected chi connectivity index (χ3v) is 1.12. The van der Waals surface area contributed by atoms with Crippen molar-refractivity contribution in [2.24, 2.45) is 0 Å². The molecule has 0 aliphatic carbocycles. The first kappa shape index (κ1) is 9.97. The third kappa shape index (κ3) is 3.62. The van der Waals surface area contributed by atoms with Crippen LogP contribution >= 0.6 is 0 Å². The number of rotatable bonds is 4. The van der Waals surface area contributed by atoms with Crippen molar-refractivity contribution in [3.05, 3.63) is 11.8 Å². The highest BCUT2D eigenvalue weighted by atomic mass is 17.1. The predicted octanol–water partition coefficient (Wildman–Crippen LogP) is 1.33. The average Bonchev–Trinajstić information content (AvgIpc) is 2.05. The van der Waals surface area contributed by atoms with Crippen LogP contribution in [0.3, 0.4) is 0 Å². The van der Waals surface area contributed by atoms with Gasteiger partial charge in [-0.2, -0.15) is 5.26 Å². The lowest BCUT2D eigenvalue weighted by molar-refractivity contribution is -0.229. The fraction of sp³-hybridized carbons (Fsp3) is 0.571. The zero-order valence-electron chi connectivity index (χ0n) is 6.66. The highest BCUT2D eigenvalue weighted by Gasteiger charge is 2.08. The van der Waals surface area contributed by atoms with Crippen LogP contribution in [-0.4, -0.2) is 17.8 Å². The predicted molar refractivity (Wildman–Crippen MR) is 38.7 cm³/mol. The molecule has 0 atom stereocenters. The Morgan fingerprint density at radius 3 is 2.55 bits per heavy atom. The van der Waals surface area contributed by atoms with Crippen LogP contribution in [0.25, 0.3) is 0 Å². The van der Waals surface area contributed by atoms with Gasteiger partial charge in [0.05, 0.1) is 18.4 Å². The van der Waals surface area contributed by atoms with Gasteiger partial charge in [0.25, 0.3) is 0 Å². The lowest BCUT2D eigenvalue weighted by atomic mass is 10.2. The molecule has 0 fully saturated rings. The van der Waals surface area contributed by atoms with Gasteiger partial charge in [0.2, 0.25) is 0 Å². The highest BCUT2D eigenvalue weighted by molar-refractivity contribution is 5.87. The molecule has 0 saturated heterocycles. The Bertz CT molecular complexity index is 151. The van der Waals surface area contributed by atoms with Crippen molar-refractivity contribution in [1.82, 2.24) is 0 Å². The average molecular weight is 160 g/mol. The fourth-order valence-electron chi connectivity index (χ4n) is 0.518. The Balaban J connectivity index is 4.03. The van der Waals surface area contributed by atoms with Gasteiger partial charge >= 0.3 is 5.97 Å². The summed E-state index contributed by atoms with van der Waals surface area (Å²) in [5, 5.41) is 7.99. The van der Waals surface area contributed by atoms with Gasteiger partial charge in [-0.25, -0.2) is 4.79 Å². The quantitative estimate of drug-likeness (QED) is 0.292. The molecule has 0 aromatic heterocycles. The molecule has 64 valence electrons. The van der Waals surface area contributed by atoms with Gasteiger partial charge in [-0.1, -0.05) is 6.92 Å². The minimum absolute atomic E-state index is 0.314. The van der Waals surface area contributed by atoms with Crippen LogP contribution in [0.4, 0.5) is 0 Å². The molecular weight excluding hydrogens is 148 g/mol. The molecule has 1 N–H and O–H groups in total. The van der Waals surface area contributed by atoms with E-state index in [1.54, 1.807) is 13.8 Å². The minimum Gasteiger partial charge on any atom is -0.501 e. The summed E-state index contributed by atoms with van der Waals surface area (Å²) >= 11 is 0. The number of hydrogen-bond acceptors (Lipinski definition) is 4. The summed E-state index contributed by atoms with van der Waals surface area (Å²) in [6.07, 6.45) is 1.76. The van der Waals surface area contributed by atoms with Crippen molar-refractivity contribution in [1.29, 1.82) is 0 Å². The summed E-state index contributed by atoms with van der Waals surface area (Å²) in [6, 6.07) is 0. The molecule has 11 heavy (non-hydrogen) atoms. The zero-order valence-corrected chi connectivity index (χ0v) is 6.66. The van der Waals surface area contributed by atoms with E-state index < -0.39 is 5.97 Å². The fourth-order valence-corrected chi connectivity index (χ4v) is 0.518. The molecule has 0 aromatic carbocycles. The Morgan fingerprint density at radius 1 is 1.55 bits per heavy atom. The molecule has 0 heterocycles. The smallest absolute Gasteiger partial charge is 0.371 e. The Kier molecular flexibility index (Phi) is 5.20. The molecule has 0 radical (unpaired) electrons. The monoisotopic (exact) mass is 160 g/mol. The van der Waals surface area contributed by atoms with E-state index in [1.807, 2.05) is 0 Å². The first-order valence-corrected chi connectivity index (χ1v) is 3.42. The molecule has 4 nitrogen and oxygen atoms in total. The van der Waals surface area contributed by atoms with Crippen molar-refractivity contribution in [2.45, 2.75) is 20.3 Å². The highest BCUT2D eigenvalue weighted by Crippen LogP contribution is 2.02. The second-order valence-corrected chi connectivity index (χ2v) is 1.83. The molecule has 0 rings (SSSR count). The minimum atomic E-state index is -0.763. The normalized spacial score (nSPS) is 11.0. The van der Waals surface area contributed by atoms with E-state index >= 15 is 0 Å². The lowest BCUT2D eigenvalue weighted by Gasteiger charge is -1.99. The first-order chi connectivity index (χ1) is 5.26. The van der Waals surface area contributed by atoms with E-state index in [4.69, 9.17) is 9.99 Å². The van der Waals surface area contributed by atoms with Gasteiger partial charge in [0.1, 0.15) is 0 Å². The van der Waals surface area contributed by atoms with Gasteiger partial charge in [-0.3, -0.25) is 4.89 Å². The maximum atomic E-state index is 10.6. The van der Waals surface area contributed by atoms with Crippen LogP contribution in [0.1, 0.15) is 20.3 Å². The second-order valence-electron chi connectivity index (χ2n) is 1.83. The molecular formula is C7H12O4. The van der Waals surface area contributed by atoms with Crippen LogP contribution < -0.4 is 0 Å². The van der Waals surface area contributed by atoms with Crippen molar-refractivity contribution < 1.29 is 19.7 Å². The number of carbonyl (C=O) groups is 1. The van der Waals surface area contributed by atoms with Gasteiger partial charge < -0.3 is 4.74 Å². The second kappa shape index (κ2) is 5.73. The molecule has 0 spiro atoms. The third-order valence-electron chi connectivity index (χ3n) is 1.12. The van der Waals surface area contributed by atoms with Crippen molar-refractivity contribution in [3.63, 3.8) is 0 Å². The van der Waals surface area contributed by atoms with Crippen LogP contribution in [0.15, 0.2) is 11.8 Å². The summed E-state index contributed by atoms with van der Waals surface area (Å²) in [5.41, 5.74) is 0.314. The molecule has 0 aliphatic heterocycles. The van der Waals surface area contributed by atoms with E-state index in [2.05, 4.69) is 4.89 Å². The SMILES string of the molecule is CCOC=C(CC)C(=O)OO. The maximum absolute atomic E-state index is 10.6. The van der Waals surface area contributed by atoms with E-state index in [0.717, 1.165) is 0 Å². The number of hydrogen-bond donors (Lipinski definition) is 1. The van der Waals surface area contributed by atoms with Gasteiger partial charge in [-0.15, -0.1) is 0 Å². The topological polar surface area (TPSA) is 55.8 Å². The molecule has 0 aliphatic rings. The molecule has 0 bridgehead atoms. The summed E-state index contributed by atoms with van der Waals surface area (Å²) in [6.45, 7) is 4.05. The zero-order chi connectivity index (χ0) is 8.69. The van der Waals surface area contributed by atoms with Crippen LogP contribution in [0, 0.1) is 0 Å². The number of carbonyl (C=O) groups excluding carboxylic acids is 1. The van der Waals surface area contributed by atoms with Crippen molar-refractivity contribution in [3.8, 4) is 0 Å². The van der Waals surface area contributed by atoms with Gasteiger partial charge in [-0.05, 0) is 13.3 Å². The Hall–Kier alpha value is -1.03. The Labute approximate surface area is 65.4 Å².